The van der Waals surface area contributed by atoms with Crippen molar-refractivity contribution in [3.05, 3.63) is 72.0 Å². The van der Waals surface area contributed by atoms with Crippen molar-refractivity contribution >= 4 is 5.91 Å². The summed E-state index contributed by atoms with van der Waals surface area (Å²) in [6.45, 7) is 2.55. The second kappa shape index (κ2) is 6.67. The number of nitrogens with zero attached hydrogens (tertiary/aromatic N) is 5. The molecule has 0 N–H and O–H groups in total. The molecule has 0 spiro atoms. The molecule has 1 aliphatic rings. The lowest BCUT2D eigenvalue weighted by atomic mass is 10.1. The average molecular weight is 351 g/mol. The number of hydrogen-bond donors (Lipinski definition) is 0. The number of carbonyl (C=O) groups excluding carboxylic acids is 1. The van der Waals surface area contributed by atoms with Crippen molar-refractivity contribution in [1.29, 1.82) is 0 Å². The number of carbonyl (C=O) groups is 1. The molecule has 0 unspecified atom stereocenters. The van der Waals surface area contributed by atoms with Crippen molar-refractivity contribution < 1.29 is 9.18 Å². The van der Waals surface area contributed by atoms with Crippen LogP contribution in [0.3, 0.4) is 0 Å². The lowest BCUT2D eigenvalue weighted by Crippen LogP contribution is -2.31. The summed E-state index contributed by atoms with van der Waals surface area (Å²) in [5.74, 6) is 1.04. The van der Waals surface area contributed by atoms with E-state index in [1.165, 1.54) is 24.3 Å². The van der Waals surface area contributed by atoms with E-state index in [-0.39, 0.29) is 17.8 Å². The van der Waals surface area contributed by atoms with Crippen molar-refractivity contribution in [2.24, 2.45) is 0 Å². The molecule has 1 aliphatic heterocycles. The Morgan fingerprint density at radius 3 is 2.77 bits per heavy atom. The molecule has 0 radical (unpaired) electrons. The molecule has 26 heavy (non-hydrogen) atoms. The molecule has 2 aromatic heterocycles. The van der Waals surface area contributed by atoms with E-state index in [0.29, 0.717) is 17.9 Å². The Hall–Kier alpha value is -3.09. The molecule has 0 bridgehead atoms. The van der Waals surface area contributed by atoms with Crippen molar-refractivity contribution in [3.8, 4) is 5.82 Å². The standard InChI is InChI=1S/C19H18FN5O/c1-13-22-8-10-24(13)18-12-21-11-16(23-18)17-3-2-9-25(17)19(26)14-4-6-15(20)7-5-14/h4-8,10-12,17H,2-3,9H2,1H3/t17-/m1/s1. The van der Waals surface area contributed by atoms with Crippen LogP contribution in [0.2, 0.25) is 0 Å². The highest BCUT2D eigenvalue weighted by Gasteiger charge is 2.32. The zero-order valence-electron chi connectivity index (χ0n) is 14.3. The van der Waals surface area contributed by atoms with E-state index in [1.807, 2.05) is 17.7 Å². The van der Waals surface area contributed by atoms with Gasteiger partial charge in [0, 0.05) is 24.5 Å². The summed E-state index contributed by atoms with van der Waals surface area (Å²) in [5.41, 5.74) is 1.23. The maximum Gasteiger partial charge on any atom is 0.254 e. The Labute approximate surface area is 150 Å². The van der Waals surface area contributed by atoms with E-state index in [2.05, 4.69) is 9.97 Å². The summed E-state index contributed by atoms with van der Waals surface area (Å²) in [5, 5.41) is 0. The fourth-order valence-corrected chi connectivity index (χ4v) is 3.34. The van der Waals surface area contributed by atoms with Gasteiger partial charge in [0.15, 0.2) is 5.82 Å². The molecule has 0 saturated carbocycles. The van der Waals surface area contributed by atoms with E-state index in [9.17, 15) is 9.18 Å². The number of likely N-dealkylation sites (tertiary alicyclic amines) is 1. The molecule has 132 valence electrons. The van der Waals surface area contributed by atoms with Crippen LogP contribution in [0.5, 0.6) is 0 Å². The van der Waals surface area contributed by atoms with Gasteiger partial charge in [0.25, 0.3) is 5.91 Å². The first-order valence-electron chi connectivity index (χ1n) is 8.52. The quantitative estimate of drug-likeness (QED) is 0.727. The van der Waals surface area contributed by atoms with Gasteiger partial charge in [-0.1, -0.05) is 0 Å². The first-order valence-corrected chi connectivity index (χ1v) is 8.52. The summed E-state index contributed by atoms with van der Waals surface area (Å²) in [6.07, 6.45) is 8.65. The molecule has 1 amide bonds. The fourth-order valence-electron chi connectivity index (χ4n) is 3.34. The van der Waals surface area contributed by atoms with Gasteiger partial charge in [-0.3, -0.25) is 14.3 Å². The predicted octanol–water partition coefficient (Wildman–Crippen LogP) is 3.09. The van der Waals surface area contributed by atoms with E-state index in [1.54, 1.807) is 23.5 Å². The highest BCUT2D eigenvalue weighted by molar-refractivity contribution is 5.94. The Bertz CT molecular complexity index is 937. The Kier molecular flexibility index (Phi) is 4.20. The van der Waals surface area contributed by atoms with Crippen LogP contribution in [-0.4, -0.2) is 36.9 Å². The minimum absolute atomic E-state index is 0.112. The number of aryl methyl sites for hydroxylation is 1. The molecule has 3 heterocycles. The van der Waals surface area contributed by atoms with Gasteiger partial charge in [0.1, 0.15) is 11.6 Å². The van der Waals surface area contributed by atoms with Gasteiger partial charge in [-0.05, 0) is 44.0 Å². The number of benzene rings is 1. The second-order valence-corrected chi connectivity index (χ2v) is 6.31. The first-order chi connectivity index (χ1) is 12.6. The highest BCUT2D eigenvalue weighted by Crippen LogP contribution is 2.32. The smallest absolute Gasteiger partial charge is 0.254 e. The topological polar surface area (TPSA) is 63.9 Å². The minimum atomic E-state index is -0.353. The van der Waals surface area contributed by atoms with E-state index < -0.39 is 0 Å². The summed E-state index contributed by atoms with van der Waals surface area (Å²) in [6, 6.07) is 5.51. The van der Waals surface area contributed by atoms with Crippen LogP contribution in [0.1, 0.15) is 40.8 Å². The molecular formula is C19H18FN5O. The highest BCUT2D eigenvalue weighted by atomic mass is 19.1. The first kappa shape index (κ1) is 16.4. The van der Waals surface area contributed by atoms with Gasteiger partial charge >= 0.3 is 0 Å². The summed E-state index contributed by atoms with van der Waals surface area (Å²) in [4.78, 5) is 27.9. The maximum absolute atomic E-state index is 13.1. The SMILES string of the molecule is Cc1nccn1-c1cncc([C@H]2CCCN2C(=O)c2ccc(F)cc2)n1. The van der Waals surface area contributed by atoms with Crippen molar-refractivity contribution in [3.63, 3.8) is 0 Å². The molecule has 7 heteroatoms. The molecular weight excluding hydrogens is 333 g/mol. The normalized spacial score (nSPS) is 16.8. The minimum Gasteiger partial charge on any atom is -0.330 e. The predicted molar refractivity (Wildman–Crippen MR) is 93.3 cm³/mol. The number of hydrogen-bond acceptors (Lipinski definition) is 4. The lowest BCUT2D eigenvalue weighted by Gasteiger charge is -2.24. The van der Waals surface area contributed by atoms with E-state index in [0.717, 1.165) is 24.4 Å². The van der Waals surface area contributed by atoms with Crippen LogP contribution in [0.15, 0.2) is 49.1 Å². The van der Waals surface area contributed by atoms with Crippen LogP contribution in [0, 0.1) is 12.7 Å². The number of aromatic nitrogens is 4. The molecule has 4 rings (SSSR count). The number of rotatable bonds is 3. The zero-order valence-corrected chi connectivity index (χ0v) is 14.3. The third-order valence-corrected chi connectivity index (χ3v) is 4.66. The summed E-state index contributed by atoms with van der Waals surface area (Å²) >= 11 is 0. The molecule has 1 saturated heterocycles. The number of imidazole rings is 1. The molecule has 3 aromatic rings. The maximum atomic E-state index is 13.1. The Morgan fingerprint density at radius 1 is 1.23 bits per heavy atom. The van der Waals surface area contributed by atoms with Gasteiger partial charge < -0.3 is 4.90 Å². The van der Waals surface area contributed by atoms with Crippen LogP contribution in [-0.2, 0) is 0 Å². The van der Waals surface area contributed by atoms with E-state index in [4.69, 9.17) is 4.98 Å². The monoisotopic (exact) mass is 351 g/mol. The van der Waals surface area contributed by atoms with Crippen LogP contribution in [0.4, 0.5) is 4.39 Å². The molecule has 1 fully saturated rings. The third kappa shape index (κ3) is 2.96. The fraction of sp³-hybridized carbons (Fsp3) is 0.263. The van der Waals surface area contributed by atoms with Gasteiger partial charge in [-0.25, -0.2) is 14.4 Å². The molecule has 6 nitrogen and oxygen atoms in total. The third-order valence-electron chi connectivity index (χ3n) is 4.66. The van der Waals surface area contributed by atoms with Gasteiger partial charge in [-0.2, -0.15) is 0 Å². The lowest BCUT2D eigenvalue weighted by molar-refractivity contribution is 0.0732. The van der Waals surface area contributed by atoms with Crippen LogP contribution < -0.4 is 0 Å². The van der Waals surface area contributed by atoms with Crippen molar-refractivity contribution in [2.45, 2.75) is 25.8 Å². The largest absolute Gasteiger partial charge is 0.330 e. The molecule has 0 aliphatic carbocycles. The van der Waals surface area contributed by atoms with Crippen LogP contribution in [0.25, 0.3) is 5.82 Å². The van der Waals surface area contributed by atoms with E-state index >= 15 is 0 Å². The van der Waals surface area contributed by atoms with Crippen molar-refractivity contribution in [2.75, 3.05) is 6.54 Å². The summed E-state index contributed by atoms with van der Waals surface area (Å²) in [7, 11) is 0. The van der Waals surface area contributed by atoms with Crippen molar-refractivity contribution in [1.82, 2.24) is 24.4 Å². The Balaban J connectivity index is 1.63. The van der Waals surface area contributed by atoms with Gasteiger partial charge in [0.2, 0.25) is 0 Å². The summed E-state index contributed by atoms with van der Waals surface area (Å²) < 4.78 is 15.0. The van der Waals surface area contributed by atoms with Crippen LogP contribution >= 0.6 is 0 Å². The molecule has 1 atom stereocenters. The van der Waals surface area contributed by atoms with Gasteiger partial charge in [-0.15, -0.1) is 0 Å². The Morgan fingerprint density at radius 2 is 2.04 bits per heavy atom. The molecule has 1 aromatic carbocycles. The zero-order chi connectivity index (χ0) is 18.1. The number of halogens is 1. The second-order valence-electron chi connectivity index (χ2n) is 6.31. The van der Waals surface area contributed by atoms with Gasteiger partial charge in [0.05, 0.1) is 24.1 Å². The average Bonchev–Trinajstić information content (AvgIpc) is 3.31. The number of amides is 1.